The van der Waals surface area contributed by atoms with Gasteiger partial charge in [-0.05, 0) is 56.7 Å². The molecule has 3 aliphatic rings. The first-order chi connectivity index (χ1) is 16.9. The van der Waals surface area contributed by atoms with Crippen molar-refractivity contribution < 1.29 is 19.1 Å². The van der Waals surface area contributed by atoms with E-state index in [1.807, 2.05) is 50.4 Å². The van der Waals surface area contributed by atoms with Crippen molar-refractivity contribution in [2.24, 2.45) is 10.9 Å². The number of carbonyl (C=O) groups excluding carboxylic acids is 2. The van der Waals surface area contributed by atoms with Crippen LogP contribution in [0.2, 0.25) is 0 Å². The number of pyridine rings is 1. The summed E-state index contributed by atoms with van der Waals surface area (Å²) >= 11 is 0. The summed E-state index contributed by atoms with van der Waals surface area (Å²) < 4.78 is 11.5. The Bertz CT molecular complexity index is 1210. The molecule has 2 unspecified atom stereocenters. The summed E-state index contributed by atoms with van der Waals surface area (Å²) in [5.74, 6) is 0.845. The number of dihydropyridines is 1. The maximum atomic E-state index is 13.1. The molecule has 35 heavy (non-hydrogen) atoms. The first-order valence-electron chi connectivity index (χ1n) is 12.1. The molecule has 1 fully saturated rings. The Morgan fingerprint density at radius 1 is 1.20 bits per heavy atom. The second-order valence-electron chi connectivity index (χ2n) is 9.39. The summed E-state index contributed by atoms with van der Waals surface area (Å²) in [6, 6.07) is 7.77. The van der Waals surface area contributed by atoms with Crippen LogP contribution in [0.4, 0.5) is 5.82 Å². The highest BCUT2D eigenvalue weighted by atomic mass is 16.5. The third-order valence-corrected chi connectivity index (χ3v) is 6.69. The number of aromatic nitrogens is 1. The highest BCUT2D eigenvalue weighted by Gasteiger charge is 2.27. The van der Waals surface area contributed by atoms with Gasteiger partial charge in [0.2, 0.25) is 0 Å². The largest absolute Gasteiger partial charge is 0.489 e. The van der Waals surface area contributed by atoms with Crippen LogP contribution >= 0.6 is 0 Å². The smallest absolute Gasteiger partial charge is 0.254 e. The van der Waals surface area contributed by atoms with Crippen molar-refractivity contribution in [2.75, 3.05) is 37.7 Å². The molecule has 1 N–H and O–H groups in total. The topological polar surface area (TPSA) is 93.1 Å². The second kappa shape index (κ2) is 9.62. The monoisotopic (exact) mass is 474 g/mol. The minimum Gasteiger partial charge on any atom is -0.489 e. The molecule has 5 rings (SSSR count). The molecule has 2 atom stereocenters. The molecule has 1 saturated heterocycles. The zero-order valence-electron chi connectivity index (χ0n) is 20.3. The van der Waals surface area contributed by atoms with Crippen LogP contribution in [0, 0.1) is 5.92 Å². The molecule has 0 spiro atoms. The fraction of sp³-hybridized carbons (Fsp3) is 0.407. The number of hydrogen-bond donors (Lipinski definition) is 1. The van der Waals surface area contributed by atoms with Gasteiger partial charge < -0.3 is 19.7 Å². The van der Waals surface area contributed by atoms with Crippen molar-refractivity contribution in [1.82, 2.24) is 10.3 Å². The third kappa shape index (κ3) is 4.84. The lowest BCUT2D eigenvalue weighted by Crippen LogP contribution is -2.36. The molecule has 2 amide bonds. The number of nitrogens with zero attached hydrogens (tertiary/aromatic N) is 3. The average molecular weight is 475 g/mol. The van der Waals surface area contributed by atoms with Crippen molar-refractivity contribution in [3.05, 3.63) is 53.2 Å². The summed E-state index contributed by atoms with van der Waals surface area (Å²) in [4.78, 5) is 36.4. The van der Waals surface area contributed by atoms with Gasteiger partial charge in [-0.15, -0.1) is 0 Å². The Kier molecular flexibility index (Phi) is 6.38. The van der Waals surface area contributed by atoms with Crippen LogP contribution in [0.3, 0.4) is 0 Å². The van der Waals surface area contributed by atoms with Crippen LogP contribution in [-0.2, 0) is 16.0 Å². The summed E-state index contributed by atoms with van der Waals surface area (Å²) in [7, 11) is 0. The van der Waals surface area contributed by atoms with Crippen molar-refractivity contribution in [3.63, 3.8) is 0 Å². The summed E-state index contributed by atoms with van der Waals surface area (Å²) in [6.07, 6.45) is 4.50. The quantitative estimate of drug-likeness (QED) is 0.716. The second-order valence-corrected chi connectivity index (χ2v) is 9.39. The van der Waals surface area contributed by atoms with E-state index in [-0.39, 0.29) is 24.5 Å². The minimum absolute atomic E-state index is 0.0383. The normalized spacial score (nSPS) is 21.7. The minimum atomic E-state index is -0.433. The number of amides is 2. The number of carbonyl (C=O) groups is 2. The molecule has 3 aliphatic heterocycles. The van der Waals surface area contributed by atoms with E-state index < -0.39 is 5.92 Å². The number of fused-ring (bicyclic) bond motifs is 1. The predicted octanol–water partition coefficient (Wildman–Crippen LogP) is 3.20. The van der Waals surface area contributed by atoms with Crippen molar-refractivity contribution in [2.45, 2.75) is 33.3 Å². The van der Waals surface area contributed by atoms with Gasteiger partial charge in [0.15, 0.2) is 0 Å². The van der Waals surface area contributed by atoms with Crippen molar-refractivity contribution in [3.8, 4) is 16.9 Å². The van der Waals surface area contributed by atoms with E-state index in [1.54, 1.807) is 6.92 Å². The Morgan fingerprint density at radius 3 is 2.71 bits per heavy atom. The van der Waals surface area contributed by atoms with Crippen molar-refractivity contribution >= 4 is 23.3 Å². The molecule has 4 heterocycles. The van der Waals surface area contributed by atoms with Crippen LogP contribution in [0.5, 0.6) is 5.75 Å². The van der Waals surface area contributed by atoms with Crippen LogP contribution in [0.25, 0.3) is 11.1 Å². The standard InChI is InChI=1S/C27H30N4O4/c1-16-10-17(2)30-27(33)23(16)15-29-26(32)21-12-20-11-18(3)35-25(20)22(13-21)19-4-5-24(28-14-19)31-6-8-34-9-7-31/h4-5,10,12-14,18,23H,6-9,11,15H2,1-3H3,(H,29,32). The number of allylic oxidation sites excluding steroid dienone is 1. The van der Waals surface area contributed by atoms with Gasteiger partial charge in [0, 0.05) is 54.7 Å². The number of morpholine rings is 1. The number of hydrogen-bond acceptors (Lipinski definition) is 6. The lowest BCUT2D eigenvalue weighted by molar-refractivity contribution is -0.120. The molecular formula is C27H30N4O4. The van der Waals surface area contributed by atoms with E-state index in [2.05, 4.69) is 20.2 Å². The SMILES string of the molecule is CC1=CC(C)=NC(=O)C1CNC(=O)c1cc2c(c(-c3ccc(N4CCOCC4)nc3)c1)OC(C)C2. The summed E-state index contributed by atoms with van der Waals surface area (Å²) in [5, 5.41) is 2.93. The molecule has 0 bridgehead atoms. The van der Waals surface area contributed by atoms with Gasteiger partial charge in [0.1, 0.15) is 17.7 Å². The molecule has 1 aromatic carbocycles. The molecule has 182 valence electrons. The van der Waals surface area contributed by atoms with E-state index in [0.717, 1.165) is 53.3 Å². The van der Waals surface area contributed by atoms with Gasteiger partial charge in [-0.2, -0.15) is 0 Å². The van der Waals surface area contributed by atoms with E-state index >= 15 is 0 Å². The first-order valence-corrected chi connectivity index (χ1v) is 12.1. The highest BCUT2D eigenvalue weighted by molar-refractivity contribution is 6.06. The zero-order valence-corrected chi connectivity index (χ0v) is 20.3. The maximum Gasteiger partial charge on any atom is 0.254 e. The van der Waals surface area contributed by atoms with Crippen molar-refractivity contribution in [1.29, 1.82) is 0 Å². The molecule has 0 aliphatic carbocycles. The van der Waals surface area contributed by atoms with Gasteiger partial charge in [-0.1, -0.05) is 5.57 Å². The lowest BCUT2D eigenvalue weighted by Gasteiger charge is -2.27. The van der Waals surface area contributed by atoms with Gasteiger partial charge in [-0.3, -0.25) is 9.59 Å². The molecule has 0 saturated carbocycles. The lowest BCUT2D eigenvalue weighted by atomic mass is 9.95. The predicted molar refractivity (Wildman–Crippen MR) is 134 cm³/mol. The van der Waals surface area contributed by atoms with Gasteiger partial charge in [-0.25, -0.2) is 9.98 Å². The van der Waals surface area contributed by atoms with Crippen LogP contribution < -0.4 is 15.0 Å². The molecule has 1 aromatic heterocycles. The molecular weight excluding hydrogens is 444 g/mol. The van der Waals surface area contributed by atoms with E-state index in [0.29, 0.717) is 24.5 Å². The van der Waals surface area contributed by atoms with Gasteiger partial charge in [0.25, 0.3) is 11.8 Å². The molecule has 0 radical (unpaired) electrons. The molecule has 8 heteroatoms. The van der Waals surface area contributed by atoms with Crippen LogP contribution in [0.15, 0.2) is 47.1 Å². The Hall–Kier alpha value is -3.52. The Morgan fingerprint density at radius 2 is 2.00 bits per heavy atom. The summed E-state index contributed by atoms with van der Waals surface area (Å²) in [5.41, 5.74) is 4.89. The van der Waals surface area contributed by atoms with Gasteiger partial charge >= 0.3 is 0 Å². The van der Waals surface area contributed by atoms with E-state index in [9.17, 15) is 9.59 Å². The van der Waals surface area contributed by atoms with Crippen LogP contribution in [-0.4, -0.2) is 61.5 Å². The van der Waals surface area contributed by atoms with Gasteiger partial charge in [0.05, 0.1) is 19.1 Å². The van der Waals surface area contributed by atoms with Crippen LogP contribution in [0.1, 0.15) is 36.7 Å². The highest BCUT2D eigenvalue weighted by Crippen LogP contribution is 2.40. The fourth-order valence-corrected chi connectivity index (χ4v) is 4.86. The number of aliphatic imine (C=N–C) groups is 1. The van der Waals surface area contributed by atoms with E-state index in [1.165, 1.54) is 0 Å². The molecule has 2 aromatic rings. The number of benzene rings is 1. The molecule has 8 nitrogen and oxygen atoms in total. The Labute approximate surface area is 205 Å². The number of nitrogens with one attached hydrogen (secondary N) is 1. The number of anilines is 1. The fourth-order valence-electron chi connectivity index (χ4n) is 4.86. The maximum absolute atomic E-state index is 13.1. The number of ether oxygens (including phenoxy) is 2. The number of rotatable bonds is 5. The van der Waals surface area contributed by atoms with E-state index in [4.69, 9.17) is 9.47 Å². The zero-order chi connectivity index (χ0) is 24.5. The average Bonchev–Trinajstić information content (AvgIpc) is 3.23. The summed E-state index contributed by atoms with van der Waals surface area (Å²) in [6.45, 7) is 8.98. The first kappa shape index (κ1) is 23.2. The third-order valence-electron chi connectivity index (χ3n) is 6.69. The Balaban J connectivity index is 1.38.